The van der Waals surface area contributed by atoms with E-state index in [0.717, 1.165) is 24.7 Å². The van der Waals surface area contributed by atoms with Gasteiger partial charge < -0.3 is 19.6 Å². The van der Waals surface area contributed by atoms with Gasteiger partial charge in [0.05, 0.1) is 12.3 Å². The molecule has 1 N–H and O–H groups in total. The van der Waals surface area contributed by atoms with Gasteiger partial charge in [-0.25, -0.2) is 9.78 Å². The van der Waals surface area contributed by atoms with Gasteiger partial charge >= 0.3 is 6.09 Å². The van der Waals surface area contributed by atoms with Crippen LogP contribution in [0, 0.1) is 11.8 Å². The molecule has 2 atom stereocenters. The third-order valence-corrected chi connectivity index (χ3v) is 4.17. The number of likely N-dealkylation sites (tertiary alicyclic amines) is 1. The standard InChI is InChI=1S/C15H21N3O3/c1-10(2)21-13-3-4-14(16-5-13)17-6-11-8-18(15(19)20)9-12(11)7-17/h3-5,10-12H,6-9H2,1-2H3,(H,19,20)/t11-,12-/m1/s1. The van der Waals surface area contributed by atoms with E-state index in [1.54, 1.807) is 6.20 Å². The Morgan fingerprint density at radius 1 is 1.29 bits per heavy atom. The van der Waals surface area contributed by atoms with Crippen molar-refractivity contribution in [2.75, 3.05) is 31.1 Å². The van der Waals surface area contributed by atoms with Gasteiger partial charge in [0.25, 0.3) is 0 Å². The molecule has 0 bridgehead atoms. The molecule has 0 aromatic carbocycles. The highest BCUT2D eigenvalue weighted by Crippen LogP contribution is 2.33. The molecular formula is C15H21N3O3. The Hall–Kier alpha value is -1.98. The molecule has 0 aliphatic carbocycles. The molecule has 6 nitrogen and oxygen atoms in total. The molecule has 6 heteroatoms. The van der Waals surface area contributed by atoms with Crippen molar-refractivity contribution >= 4 is 11.9 Å². The molecule has 0 radical (unpaired) electrons. The summed E-state index contributed by atoms with van der Waals surface area (Å²) in [5, 5.41) is 9.04. The van der Waals surface area contributed by atoms with E-state index in [1.807, 2.05) is 26.0 Å². The van der Waals surface area contributed by atoms with Gasteiger partial charge in [0.1, 0.15) is 11.6 Å². The number of aromatic nitrogens is 1. The van der Waals surface area contributed by atoms with Gasteiger partial charge in [-0.1, -0.05) is 0 Å². The molecule has 0 unspecified atom stereocenters. The maximum absolute atomic E-state index is 11.0. The molecule has 3 heterocycles. The van der Waals surface area contributed by atoms with Crippen LogP contribution in [-0.2, 0) is 0 Å². The van der Waals surface area contributed by atoms with Crippen LogP contribution in [0.15, 0.2) is 18.3 Å². The van der Waals surface area contributed by atoms with E-state index in [-0.39, 0.29) is 6.10 Å². The molecule has 21 heavy (non-hydrogen) atoms. The van der Waals surface area contributed by atoms with Gasteiger partial charge in [0, 0.05) is 38.0 Å². The monoisotopic (exact) mass is 291 g/mol. The van der Waals surface area contributed by atoms with Crippen molar-refractivity contribution in [1.82, 2.24) is 9.88 Å². The average Bonchev–Trinajstić information content (AvgIpc) is 2.97. The lowest BCUT2D eigenvalue weighted by Gasteiger charge is -2.21. The van der Waals surface area contributed by atoms with E-state index in [9.17, 15) is 4.79 Å². The van der Waals surface area contributed by atoms with E-state index in [1.165, 1.54) is 4.90 Å². The molecular weight excluding hydrogens is 270 g/mol. The topological polar surface area (TPSA) is 65.9 Å². The molecule has 1 aromatic heterocycles. The van der Waals surface area contributed by atoms with Crippen molar-refractivity contribution < 1.29 is 14.6 Å². The summed E-state index contributed by atoms with van der Waals surface area (Å²) < 4.78 is 5.59. The number of carbonyl (C=O) groups is 1. The number of hydrogen-bond acceptors (Lipinski definition) is 4. The minimum absolute atomic E-state index is 0.144. The Kier molecular flexibility index (Phi) is 3.61. The number of ether oxygens (including phenoxy) is 1. The third kappa shape index (κ3) is 2.89. The zero-order valence-electron chi connectivity index (χ0n) is 12.4. The van der Waals surface area contributed by atoms with Gasteiger partial charge in [0.2, 0.25) is 0 Å². The number of rotatable bonds is 3. The van der Waals surface area contributed by atoms with E-state index in [0.29, 0.717) is 24.9 Å². The SMILES string of the molecule is CC(C)Oc1ccc(N2C[C@@H]3CN(C(=O)O)C[C@H]3C2)nc1. The number of fused-ring (bicyclic) bond motifs is 1. The summed E-state index contributed by atoms with van der Waals surface area (Å²) in [7, 11) is 0. The quantitative estimate of drug-likeness (QED) is 0.921. The summed E-state index contributed by atoms with van der Waals surface area (Å²) in [6, 6.07) is 3.92. The van der Waals surface area contributed by atoms with Crippen LogP contribution in [0.2, 0.25) is 0 Å². The van der Waals surface area contributed by atoms with Crippen LogP contribution >= 0.6 is 0 Å². The summed E-state index contributed by atoms with van der Waals surface area (Å²) in [6.07, 6.45) is 1.10. The molecule has 114 valence electrons. The number of amides is 1. The van der Waals surface area contributed by atoms with Crippen LogP contribution in [0.25, 0.3) is 0 Å². The fourth-order valence-corrected chi connectivity index (χ4v) is 3.24. The predicted molar refractivity (Wildman–Crippen MR) is 78.8 cm³/mol. The summed E-state index contributed by atoms with van der Waals surface area (Å²) in [6.45, 7) is 7.03. The van der Waals surface area contributed by atoms with Crippen LogP contribution in [0.3, 0.4) is 0 Å². The highest BCUT2D eigenvalue weighted by Gasteiger charge is 2.41. The maximum atomic E-state index is 11.0. The first-order chi connectivity index (χ1) is 10.0. The number of carboxylic acid groups (broad SMARTS) is 1. The lowest BCUT2D eigenvalue weighted by molar-refractivity contribution is 0.153. The normalized spacial score (nSPS) is 24.5. The fraction of sp³-hybridized carbons (Fsp3) is 0.600. The van der Waals surface area contributed by atoms with Crippen LogP contribution in [-0.4, -0.2) is 53.4 Å². The molecule has 0 saturated carbocycles. The van der Waals surface area contributed by atoms with Crippen LogP contribution in [0.5, 0.6) is 5.75 Å². The van der Waals surface area contributed by atoms with Crippen LogP contribution in [0.1, 0.15) is 13.8 Å². The molecule has 1 amide bonds. The number of anilines is 1. The van der Waals surface area contributed by atoms with Crippen molar-refractivity contribution in [3.63, 3.8) is 0 Å². The van der Waals surface area contributed by atoms with Gasteiger partial charge in [-0.3, -0.25) is 0 Å². The van der Waals surface area contributed by atoms with E-state index in [4.69, 9.17) is 9.84 Å². The number of pyridine rings is 1. The highest BCUT2D eigenvalue weighted by atomic mass is 16.5. The summed E-state index contributed by atoms with van der Waals surface area (Å²) in [5.41, 5.74) is 0. The molecule has 2 fully saturated rings. The molecule has 2 aliphatic heterocycles. The van der Waals surface area contributed by atoms with Crippen LogP contribution < -0.4 is 9.64 Å². The van der Waals surface area contributed by atoms with E-state index >= 15 is 0 Å². The lowest BCUT2D eigenvalue weighted by atomic mass is 10.0. The Morgan fingerprint density at radius 2 is 1.95 bits per heavy atom. The third-order valence-electron chi connectivity index (χ3n) is 4.17. The lowest BCUT2D eigenvalue weighted by Crippen LogP contribution is -2.32. The molecule has 3 rings (SSSR count). The van der Waals surface area contributed by atoms with Crippen molar-refractivity contribution in [3.05, 3.63) is 18.3 Å². The zero-order valence-corrected chi connectivity index (χ0v) is 12.4. The van der Waals surface area contributed by atoms with Gasteiger partial charge in [-0.15, -0.1) is 0 Å². The first-order valence-corrected chi connectivity index (χ1v) is 7.38. The molecule has 2 saturated heterocycles. The first-order valence-electron chi connectivity index (χ1n) is 7.38. The minimum Gasteiger partial charge on any atom is -0.489 e. The molecule has 1 aromatic rings. The second-order valence-corrected chi connectivity index (χ2v) is 6.13. The number of hydrogen-bond donors (Lipinski definition) is 1. The largest absolute Gasteiger partial charge is 0.489 e. The number of nitrogens with zero attached hydrogens (tertiary/aromatic N) is 3. The maximum Gasteiger partial charge on any atom is 0.407 e. The molecule has 2 aliphatic rings. The summed E-state index contributed by atoms with van der Waals surface area (Å²) in [5.74, 6) is 2.58. The van der Waals surface area contributed by atoms with Crippen molar-refractivity contribution in [2.45, 2.75) is 20.0 Å². The first kappa shape index (κ1) is 14.0. The van der Waals surface area contributed by atoms with Crippen molar-refractivity contribution in [1.29, 1.82) is 0 Å². The zero-order chi connectivity index (χ0) is 15.0. The smallest absolute Gasteiger partial charge is 0.407 e. The Morgan fingerprint density at radius 3 is 2.43 bits per heavy atom. The van der Waals surface area contributed by atoms with Gasteiger partial charge in [-0.2, -0.15) is 0 Å². The summed E-state index contributed by atoms with van der Waals surface area (Å²) >= 11 is 0. The van der Waals surface area contributed by atoms with Crippen LogP contribution in [0.4, 0.5) is 10.6 Å². The second kappa shape index (κ2) is 5.42. The minimum atomic E-state index is -0.802. The van der Waals surface area contributed by atoms with Gasteiger partial charge in [0.15, 0.2) is 0 Å². The van der Waals surface area contributed by atoms with Crippen molar-refractivity contribution in [3.8, 4) is 5.75 Å². The Balaban J connectivity index is 1.62. The average molecular weight is 291 g/mol. The van der Waals surface area contributed by atoms with E-state index < -0.39 is 6.09 Å². The predicted octanol–water partition coefficient (Wildman–Crippen LogP) is 1.91. The highest BCUT2D eigenvalue weighted by molar-refractivity contribution is 5.65. The Labute approximate surface area is 124 Å². The fourth-order valence-electron chi connectivity index (χ4n) is 3.24. The second-order valence-electron chi connectivity index (χ2n) is 6.13. The van der Waals surface area contributed by atoms with E-state index in [2.05, 4.69) is 9.88 Å². The van der Waals surface area contributed by atoms with Gasteiger partial charge in [-0.05, 0) is 26.0 Å². The van der Waals surface area contributed by atoms with Crippen molar-refractivity contribution in [2.24, 2.45) is 11.8 Å². The molecule has 0 spiro atoms. The summed E-state index contributed by atoms with van der Waals surface area (Å²) in [4.78, 5) is 19.2. The Bertz CT molecular complexity index is 503.